The van der Waals surface area contributed by atoms with E-state index >= 15 is 0 Å². The summed E-state index contributed by atoms with van der Waals surface area (Å²) in [5.74, 6) is -2.71. The molecule has 2 N–H and O–H groups in total. The largest absolute Gasteiger partial charge is 0.481 e. The number of hydrogen-bond donors (Lipinski definition) is 2. The molecule has 0 bridgehead atoms. The van der Waals surface area contributed by atoms with Crippen LogP contribution in [0.3, 0.4) is 0 Å². The van der Waals surface area contributed by atoms with E-state index in [-0.39, 0.29) is 12.3 Å². The van der Waals surface area contributed by atoms with Gasteiger partial charge < -0.3 is 10.2 Å². The van der Waals surface area contributed by atoms with Crippen LogP contribution in [0.5, 0.6) is 0 Å². The van der Waals surface area contributed by atoms with E-state index < -0.39 is 17.9 Å². The molecule has 0 amide bonds. The molecule has 13 heavy (non-hydrogen) atoms. The van der Waals surface area contributed by atoms with Crippen LogP contribution < -0.4 is 0 Å². The van der Waals surface area contributed by atoms with Crippen LogP contribution in [-0.2, 0) is 9.59 Å². The molecule has 0 spiro atoms. The number of carbonyl (C=O) groups is 2. The molecule has 2 atom stereocenters. The molecule has 4 nitrogen and oxygen atoms in total. The van der Waals surface area contributed by atoms with E-state index in [2.05, 4.69) is 0 Å². The van der Waals surface area contributed by atoms with E-state index in [1.807, 2.05) is 6.08 Å². The lowest BCUT2D eigenvalue weighted by Gasteiger charge is -2.22. The minimum Gasteiger partial charge on any atom is -0.481 e. The highest BCUT2D eigenvalue weighted by molar-refractivity contribution is 5.73. The molecular weight excluding hydrogens is 172 g/mol. The van der Waals surface area contributed by atoms with Gasteiger partial charge in [0.15, 0.2) is 0 Å². The zero-order valence-electron chi connectivity index (χ0n) is 7.14. The van der Waals surface area contributed by atoms with Gasteiger partial charge in [-0.05, 0) is 12.8 Å². The maximum Gasteiger partial charge on any atom is 0.307 e. The third kappa shape index (κ3) is 2.57. The van der Waals surface area contributed by atoms with Gasteiger partial charge in [-0.15, -0.1) is 0 Å². The summed E-state index contributed by atoms with van der Waals surface area (Å²) in [5, 5.41) is 17.3. The molecule has 2 unspecified atom stereocenters. The maximum atomic E-state index is 10.7. The van der Waals surface area contributed by atoms with Crippen molar-refractivity contribution >= 4 is 11.9 Å². The van der Waals surface area contributed by atoms with Gasteiger partial charge in [0.2, 0.25) is 0 Å². The highest BCUT2D eigenvalue weighted by atomic mass is 16.4. The zero-order valence-corrected chi connectivity index (χ0v) is 7.14. The summed E-state index contributed by atoms with van der Waals surface area (Å²) >= 11 is 0. The van der Waals surface area contributed by atoms with Crippen LogP contribution in [0.1, 0.15) is 19.3 Å². The summed E-state index contributed by atoms with van der Waals surface area (Å²) in [6, 6.07) is 0. The van der Waals surface area contributed by atoms with Crippen molar-refractivity contribution in [2.24, 2.45) is 11.8 Å². The molecule has 0 heterocycles. The van der Waals surface area contributed by atoms with Gasteiger partial charge in [-0.25, -0.2) is 0 Å². The molecule has 0 saturated heterocycles. The topological polar surface area (TPSA) is 74.6 Å². The van der Waals surface area contributed by atoms with Crippen LogP contribution in [0.2, 0.25) is 0 Å². The quantitative estimate of drug-likeness (QED) is 0.644. The van der Waals surface area contributed by atoms with Crippen molar-refractivity contribution in [2.45, 2.75) is 19.3 Å². The average molecular weight is 184 g/mol. The Morgan fingerprint density at radius 1 is 1.38 bits per heavy atom. The second kappa shape index (κ2) is 4.07. The van der Waals surface area contributed by atoms with Crippen molar-refractivity contribution in [3.63, 3.8) is 0 Å². The van der Waals surface area contributed by atoms with Crippen LogP contribution in [0, 0.1) is 11.8 Å². The fraction of sp³-hybridized carbons (Fsp3) is 0.556. The predicted octanol–water partition coefficient (Wildman–Crippen LogP) is 1.13. The molecule has 72 valence electrons. The fourth-order valence-electron chi connectivity index (χ4n) is 1.61. The van der Waals surface area contributed by atoms with Gasteiger partial charge in [0, 0.05) is 5.92 Å². The van der Waals surface area contributed by atoms with Crippen LogP contribution in [-0.4, -0.2) is 22.2 Å². The van der Waals surface area contributed by atoms with Crippen molar-refractivity contribution in [3.8, 4) is 0 Å². The van der Waals surface area contributed by atoms with Gasteiger partial charge in [-0.2, -0.15) is 0 Å². The molecule has 0 saturated carbocycles. The van der Waals surface area contributed by atoms with Gasteiger partial charge in [0.1, 0.15) is 0 Å². The van der Waals surface area contributed by atoms with Crippen LogP contribution in [0.25, 0.3) is 0 Å². The van der Waals surface area contributed by atoms with E-state index in [1.54, 1.807) is 6.08 Å². The van der Waals surface area contributed by atoms with Crippen molar-refractivity contribution in [1.82, 2.24) is 0 Å². The Bertz CT molecular complexity index is 244. The van der Waals surface area contributed by atoms with Gasteiger partial charge in [-0.1, -0.05) is 12.2 Å². The first kappa shape index (κ1) is 9.77. The highest BCUT2D eigenvalue weighted by Gasteiger charge is 2.29. The van der Waals surface area contributed by atoms with E-state index in [1.165, 1.54) is 0 Å². The number of allylic oxidation sites excluding steroid dienone is 2. The lowest BCUT2D eigenvalue weighted by molar-refractivity contribution is -0.145. The summed E-state index contributed by atoms with van der Waals surface area (Å²) in [6.45, 7) is 0. The van der Waals surface area contributed by atoms with Crippen molar-refractivity contribution in [3.05, 3.63) is 12.2 Å². The van der Waals surface area contributed by atoms with Crippen LogP contribution in [0.4, 0.5) is 0 Å². The number of carboxylic acid groups (broad SMARTS) is 2. The Labute approximate surface area is 75.9 Å². The summed E-state index contributed by atoms with van der Waals surface area (Å²) in [4.78, 5) is 21.1. The standard InChI is InChI=1S/C9H12O4/c10-8(11)5-6-3-1-2-4-7(6)9(12)13/h1,3,6-7H,2,4-5H2,(H,10,11)(H,12,13). The Morgan fingerprint density at radius 2 is 2.08 bits per heavy atom. The first-order chi connectivity index (χ1) is 6.11. The van der Waals surface area contributed by atoms with E-state index in [0.29, 0.717) is 6.42 Å². The summed E-state index contributed by atoms with van der Waals surface area (Å²) in [7, 11) is 0. The lowest BCUT2D eigenvalue weighted by Crippen LogP contribution is -2.26. The molecule has 0 radical (unpaired) electrons. The van der Waals surface area contributed by atoms with Crippen molar-refractivity contribution in [1.29, 1.82) is 0 Å². The number of hydrogen-bond acceptors (Lipinski definition) is 2. The monoisotopic (exact) mass is 184 g/mol. The third-order valence-corrected chi connectivity index (χ3v) is 2.27. The summed E-state index contributed by atoms with van der Waals surface area (Å²) in [5.41, 5.74) is 0. The van der Waals surface area contributed by atoms with Gasteiger partial charge >= 0.3 is 11.9 Å². The molecule has 0 fully saturated rings. The predicted molar refractivity (Wildman–Crippen MR) is 45.2 cm³/mol. The third-order valence-electron chi connectivity index (χ3n) is 2.27. The lowest BCUT2D eigenvalue weighted by atomic mass is 9.82. The van der Waals surface area contributed by atoms with E-state index in [9.17, 15) is 9.59 Å². The van der Waals surface area contributed by atoms with Crippen LogP contribution >= 0.6 is 0 Å². The number of carboxylic acids is 2. The van der Waals surface area contributed by atoms with E-state index in [4.69, 9.17) is 10.2 Å². The number of aliphatic carboxylic acids is 2. The van der Waals surface area contributed by atoms with E-state index in [0.717, 1.165) is 6.42 Å². The second-order valence-electron chi connectivity index (χ2n) is 3.21. The van der Waals surface area contributed by atoms with Crippen LogP contribution in [0.15, 0.2) is 12.2 Å². The average Bonchev–Trinajstić information content (AvgIpc) is 2.03. The molecule has 0 aliphatic heterocycles. The zero-order chi connectivity index (χ0) is 9.84. The maximum absolute atomic E-state index is 10.7. The Kier molecular flexibility index (Phi) is 3.06. The number of rotatable bonds is 3. The summed E-state index contributed by atoms with van der Waals surface area (Å²) < 4.78 is 0. The minimum atomic E-state index is -0.942. The molecule has 4 heteroatoms. The fourth-order valence-corrected chi connectivity index (χ4v) is 1.61. The van der Waals surface area contributed by atoms with Gasteiger partial charge in [0.05, 0.1) is 12.3 Å². The molecule has 0 aromatic heterocycles. The molecule has 0 aromatic carbocycles. The molecule has 0 aromatic rings. The molecule has 1 aliphatic carbocycles. The summed E-state index contributed by atoms with van der Waals surface area (Å²) in [6.07, 6.45) is 4.74. The highest BCUT2D eigenvalue weighted by Crippen LogP contribution is 2.27. The smallest absolute Gasteiger partial charge is 0.307 e. The Balaban J connectivity index is 2.66. The minimum absolute atomic E-state index is 0.0898. The van der Waals surface area contributed by atoms with Crippen molar-refractivity contribution < 1.29 is 19.8 Å². The Hall–Kier alpha value is -1.32. The SMILES string of the molecule is O=C(O)CC1C=CCCC1C(=O)O. The first-order valence-electron chi connectivity index (χ1n) is 4.22. The normalized spacial score (nSPS) is 27.1. The van der Waals surface area contributed by atoms with Gasteiger partial charge in [-0.3, -0.25) is 9.59 Å². The molecular formula is C9H12O4. The van der Waals surface area contributed by atoms with Gasteiger partial charge in [0.25, 0.3) is 0 Å². The molecule has 1 aliphatic rings. The van der Waals surface area contributed by atoms with Crippen molar-refractivity contribution in [2.75, 3.05) is 0 Å². The Morgan fingerprint density at radius 3 is 2.62 bits per heavy atom. The molecule has 1 rings (SSSR count). The second-order valence-corrected chi connectivity index (χ2v) is 3.21. The first-order valence-corrected chi connectivity index (χ1v) is 4.22.